The minimum absolute atomic E-state index is 0.255. The van der Waals surface area contributed by atoms with E-state index in [0.717, 1.165) is 0 Å². The lowest BCUT2D eigenvalue weighted by molar-refractivity contribution is -0.161. The molecule has 0 fully saturated rings. The van der Waals surface area contributed by atoms with Gasteiger partial charge < -0.3 is 14.9 Å². The minimum Gasteiger partial charge on any atom is -0.481 e. The number of aliphatic carboxylic acids is 1. The molecule has 0 aliphatic rings. The van der Waals surface area contributed by atoms with Crippen molar-refractivity contribution < 1.29 is 19.7 Å². The van der Waals surface area contributed by atoms with Crippen LogP contribution >= 0.6 is 11.6 Å². The molecule has 0 bridgehead atoms. The van der Waals surface area contributed by atoms with Gasteiger partial charge in [-0.3, -0.25) is 4.79 Å². The van der Waals surface area contributed by atoms with Crippen molar-refractivity contribution in [2.75, 3.05) is 0 Å². The summed E-state index contributed by atoms with van der Waals surface area (Å²) in [5.74, 6) is -2.66. The van der Waals surface area contributed by atoms with Crippen molar-refractivity contribution in [3.05, 3.63) is 29.3 Å². The molecule has 82 valence electrons. The zero-order valence-corrected chi connectivity index (χ0v) is 8.86. The average molecular weight is 231 g/mol. The molecule has 0 radical (unpaired) electrons. The maximum absolute atomic E-state index is 10.4. The Hall–Kier alpha value is -1.26. The lowest BCUT2D eigenvalue weighted by Gasteiger charge is -2.23. The molecule has 0 amide bonds. The lowest BCUT2D eigenvalue weighted by Crippen LogP contribution is -2.34. The topological polar surface area (TPSA) is 66.8 Å². The Bertz CT molecular complexity index is 362. The Morgan fingerprint density at radius 1 is 1.53 bits per heavy atom. The van der Waals surface area contributed by atoms with Gasteiger partial charge >= 0.3 is 5.97 Å². The van der Waals surface area contributed by atoms with E-state index in [9.17, 15) is 9.90 Å². The molecule has 1 aromatic carbocycles. The minimum atomic E-state index is -1.77. The number of aliphatic hydroxyl groups is 1. The lowest BCUT2D eigenvalue weighted by atomic mass is 10.2. The van der Waals surface area contributed by atoms with Crippen molar-refractivity contribution in [2.24, 2.45) is 0 Å². The van der Waals surface area contributed by atoms with Crippen molar-refractivity contribution in [1.29, 1.82) is 0 Å². The van der Waals surface area contributed by atoms with E-state index in [-0.39, 0.29) is 5.75 Å². The first kappa shape index (κ1) is 11.8. The van der Waals surface area contributed by atoms with E-state index in [1.807, 2.05) is 0 Å². The van der Waals surface area contributed by atoms with E-state index < -0.39 is 18.2 Å². The summed E-state index contributed by atoms with van der Waals surface area (Å²) < 4.78 is 5.09. The third-order valence-electron chi connectivity index (χ3n) is 1.65. The van der Waals surface area contributed by atoms with Gasteiger partial charge in [-0.15, -0.1) is 0 Å². The Kier molecular flexibility index (Phi) is 3.55. The van der Waals surface area contributed by atoms with Crippen LogP contribution in [0.4, 0.5) is 0 Å². The molecule has 0 aliphatic carbocycles. The predicted octanol–water partition coefficient (Wildman–Crippen LogP) is 1.90. The second-order valence-corrected chi connectivity index (χ2v) is 3.69. The smallest absolute Gasteiger partial charge is 0.310 e. The van der Waals surface area contributed by atoms with Crippen molar-refractivity contribution in [1.82, 2.24) is 0 Å². The second kappa shape index (κ2) is 4.51. The summed E-state index contributed by atoms with van der Waals surface area (Å²) in [4.78, 5) is 10.4. The fraction of sp³-hybridized carbons (Fsp3) is 0.300. The van der Waals surface area contributed by atoms with Gasteiger partial charge in [-0.1, -0.05) is 23.7 Å². The normalized spacial score (nSPS) is 14.3. The molecule has 1 aromatic rings. The molecule has 0 heterocycles. The summed E-state index contributed by atoms with van der Waals surface area (Å²) in [6.45, 7) is 1.27. The van der Waals surface area contributed by atoms with Crippen molar-refractivity contribution in [3.63, 3.8) is 0 Å². The van der Waals surface area contributed by atoms with Gasteiger partial charge in [0.15, 0.2) is 0 Å². The number of carboxylic acids is 1. The Labute approximate surface area is 92.1 Å². The summed E-state index contributed by atoms with van der Waals surface area (Å²) in [6.07, 6.45) is -0.516. The number of ether oxygens (including phenoxy) is 1. The highest BCUT2D eigenvalue weighted by molar-refractivity contribution is 6.32. The summed E-state index contributed by atoms with van der Waals surface area (Å²) in [6, 6.07) is 6.53. The van der Waals surface area contributed by atoms with Crippen LogP contribution in [0, 0.1) is 0 Å². The van der Waals surface area contributed by atoms with Crippen molar-refractivity contribution in [3.8, 4) is 5.75 Å². The van der Waals surface area contributed by atoms with E-state index in [1.165, 1.54) is 6.92 Å². The summed E-state index contributed by atoms with van der Waals surface area (Å²) in [5, 5.41) is 18.4. The number of benzene rings is 1. The first-order valence-electron chi connectivity index (χ1n) is 4.28. The highest BCUT2D eigenvalue weighted by Gasteiger charge is 2.26. The van der Waals surface area contributed by atoms with E-state index in [1.54, 1.807) is 24.3 Å². The predicted molar refractivity (Wildman–Crippen MR) is 55.0 cm³/mol. The van der Waals surface area contributed by atoms with E-state index in [0.29, 0.717) is 5.02 Å². The number of para-hydroxylation sites is 1. The summed E-state index contributed by atoms with van der Waals surface area (Å²) >= 11 is 5.78. The van der Waals surface area contributed by atoms with Gasteiger partial charge in [-0.25, -0.2) is 0 Å². The third-order valence-corrected chi connectivity index (χ3v) is 1.96. The van der Waals surface area contributed by atoms with Crippen LogP contribution < -0.4 is 4.74 Å². The standard InChI is InChI=1S/C10H11ClO4/c1-10(14,6-9(12)13)15-8-5-3-2-4-7(8)11/h2-5,14H,6H2,1H3,(H,12,13). The van der Waals surface area contributed by atoms with Gasteiger partial charge in [-0.2, -0.15) is 0 Å². The molecular formula is C10H11ClO4. The molecule has 1 unspecified atom stereocenters. The molecule has 1 rings (SSSR count). The molecule has 0 spiro atoms. The molecule has 0 saturated carbocycles. The van der Waals surface area contributed by atoms with Crippen LogP contribution in [0.3, 0.4) is 0 Å². The fourth-order valence-electron chi connectivity index (χ4n) is 1.08. The maximum Gasteiger partial charge on any atom is 0.310 e. The van der Waals surface area contributed by atoms with Crippen LogP contribution in [0.1, 0.15) is 13.3 Å². The first-order valence-corrected chi connectivity index (χ1v) is 4.66. The molecule has 15 heavy (non-hydrogen) atoms. The molecule has 2 N–H and O–H groups in total. The quantitative estimate of drug-likeness (QED) is 0.776. The van der Waals surface area contributed by atoms with Crippen molar-refractivity contribution in [2.45, 2.75) is 19.1 Å². The van der Waals surface area contributed by atoms with Gasteiger partial charge in [0.2, 0.25) is 5.79 Å². The van der Waals surface area contributed by atoms with E-state index in [4.69, 9.17) is 21.4 Å². The third kappa shape index (κ3) is 3.77. The molecule has 4 nitrogen and oxygen atoms in total. The van der Waals surface area contributed by atoms with Crippen LogP contribution in [0.25, 0.3) is 0 Å². The largest absolute Gasteiger partial charge is 0.481 e. The number of hydrogen-bond acceptors (Lipinski definition) is 3. The van der Waals surface area contributed by atoms with Gasteiger partial charge in [0, 0.05) is 6.92 Å². The summed E-state index contributed by atoms with van der Waals surface area (Å²) in [7, 11) is 0. The number of carboxylic acid groups (broad SMARTS) is 1. The monoisotopic (exact) mass is 230 g/mol. The summed E-state index contributed by atoms with van der Waals surface area (Å²) in [5.41, 5.74) is 0. The Balaban J connectivity index is 2.77. The number of hydrogen-bond donors (Lipinski definition) is 2. The molecular weight excluding hydrogens is 220 g/mol. The van der Waals surface area contributed by atoms with Crippen molar-refractivity contribution >= 4 is 17.6 Å². The fourth-order valence-corrected chi connectivity index (χ4v) is 1.26. The highest BCUT2D eigenvalue weighted by atomic mass is 35.5. The van der Waals surface area contributed by atoms with Gasteiger partial charge in [-0.05, 0) is 12.1 Å². The Morgan fingerprint density at radius 2 is 2.13 bits per heavy atom. The molecule has 0 aliphatic heterocycles. The van der Waals surface area contributed by atoms with Gasteiger partial charge in [0.25, 0.3) is 0 Å². The first-order chi connectivity index (χ1) is 6.91. The second-order valence-electron chi connectivity index (χ2n) is 3.28. The Morgan fingerprint density at radius 3 is 2.67 bits per heavy atom. The van der Waals surface area contributed by atoms with Crippen LogP contribution in [-0.2, 0) is 4.79 Å². The number of carbonyl (C=O) groups is 1. The average Bonchev–Trinajstić information content (AvgIpc) is 2.06. The number of rotatable bonds is 4. The molecule has 1 atom stereocenters. The van der Waals surface area contributed by atoms with Gasteiger partial charge in [0.05, 0.1) is 5.02 Å². The van der Waals surface area contributed by atoms with Crippen LogP contribution in [0.15, 0.2) is 24.3 Å². The van der Waals surface area contributed by atoms with Crippen LogP contribution in [-0.4, -0.2) is 22.0 Å². The molecule has 5 heteroatoms. The van der Waals surface area contributed by atoms with Crippen LogP contribution in [0.2, 0.25) is 5.02 Å². The molecule has 0 aromatic heterocycles. The maximum atomic E-state index is 10.4. The zero-order valence-electron chi connectivity index (χ0n) is 8.11. The number of halogens is 1. The molecule has 0 saturated heterocycles. The zero-order chi connectivity index (χ0) is 11.5. The van der Waals surface area contributed by atoms with Gasteiger partial charge in [0.1, 0.15) is 12.2 Å². The SMILES string of the molecule is CC(O)(CC(=O)O)Oc1ccccc1Cl. The van der Waals surface area contributed by atoms with E-state index in [2.05, 4.69) is 0 Å². The highest BCUT2D eigenvalue weighted by Crippen LogP contribution is 2.27. The van der Waals surface area contributed by atoms with E-state index >= 15 is 0 Å². The van der Waals surface area contributed by atoms with Crippen LogP contribution in [0.5, 0.6) is 5.75 Å².